The Morgan fingerprint density at radius 1 is 1.19 bits per heavy atom. The van der Waals surface area contributed by atoms with Gasteiger partial charge in [0.25, 0.3) is 5.91 Å². The molecule has 0 aliphatic carbocycles. The number of hydrogen-bond acceptors (Lipinski definition) is 5. The van der Waals surface area contributed by atoms with E-state index >= 15 is 0 Å². The highest BCUT2D eigenvalue weighted by atomic mass is 16.5. The number of nitrogens with zero attached hydrogens (tertiary/aromatic N) is 1. The summed E-state index contributed by atoms with van der Waals surface area (Å²) in [5.41, 5.74) is 1.57. The number of ether oxygens (including phenoxy) is 3. The summed E-state index contributed by atoms with van der Waals surface area (Å²) >= 11 is 0. The van der Waals surface area contributed by atoms with Gasteiger partial charge in [0.2, 0.25) is 5.88 Å². The highest BCUT2D eigenvalue weighted by Gasteiger charge is 2.35. The van der Waals surface area contributed by atoms with Crippen molar-refractivity contribution < 1.29 is 19.0 Å². The predicted molar refractivity (Wildman–Crippen MR) is 102 cm³/mol. The minimum Gasteiger partial charge on any atom is -0.497 e. The van der Waals surface area contributed by atoms with E-state index in [1.54, 1.807) is 25.4 Å². The van der Waals surface area contributed by atoms with Crippen molar-refractivity contribution >= 4 is 5.91 Å². The molecule has 6 heteroatoms. The van der Waals surface area contributed by atoms with Crippen LogP contribution in [0.25, 0.3) is 0 Å². The normalized spacial score (nSPS) is 15.8. The summed E-state index contributed by atoms with van der Waals surface area (Å²) in [7, 11) is 1.66. The number of hydrogen-bond donors (Lipinski definition) is 1. The lowest BCUT2D eigenvalue weighted by molar-refractivity contribution is 0.0487. The number of pyridine rings is 1. The average molecular weight is 370 g/mol. The van der Waals surface area contributed by atoms with Crippen molar-refractivity contribution in [1.82, 2.24) is 10.3 Å². The first-order valence-electron chi connectivity index (χ1n) is 9.26. The van der Waals surface area contributed by atoms with Crippen LogP contribution in [-0.2, 0) is 10.2 Å². The molecule has 0 radical (unpaired) electrons. The van der Waals surface area contributed by atoms with Gasteiger partial charge in [-0.25, -0.2) is 4.98 Å². The lowest BCUT2D eigenvalue weighted by Crippen LogP contribution is -2.44. The third-order valence-electron chi connectivity index (χ3n) is 5.03. The van der Waals surface area contributed by atoms with Gasteiger partial charge in [0, 0.05) is 37.4 Å². The van der Waals surface area contributed by atoms with Crippen molar-refractivity contribution in [3.8, 4) is 11.6 Å². The highest BCUT2D eigenvalue weighted by Crippen LogP contribution is 2.35. The molecule has 2 aromatic rings. The van der Waals surface area contributed by atoms with E-state index < -0.39 is 0 Å². The molecule has 1 amide bonds. The molecule has 6 nitrogen and oxygen atoms in total. The molecular weight excluding hydrogens is 344 g/mol. The van der Waals surface area contributed by atoms with E-state index in [4.69, 9.17) is 14.2 Å². The Hall–Kier alpha value is -2.60. The topological polar surface area (TPSA) is 69.7 Å². The van der Waals surface area contributed by atoms with Crippen molar-refractivity contribution in [3.05, 3.63) is 53.7 Å². The summed E-state index contributed by atoms with van der Waals surface area (Å²) in [6, 6.07) is 11.5. The maximum absolute atomic E-state index is 12.6. The van der Waals surface area contributed by atoms with Crippen LogP contribution in [0, 0.1) is 0 Å². The summed E-state index contributed by atoms with van der Waals surface area (Å²) in [5, 5.41) is 3.08. The van der Waals surface area contributed by atoms with E-state index in [0.29, 0.717) is 37.8 Å². The van der Waals surface area contributed by atoms with E-state index in [2.05, 4.69) is 22.4 Å². The van der Waals surface area contributed by atoms with E-state index in [1.165, 1.54) is 5.56 Å². The maximum Gasteiger partial charge on any atom is 0.252 e. The number of aromatic nitrogens is 1. The molecule has 1 aromatic carbocycles. The maximum atomic E-state index is 12.6. The molecule has 1 aliphatic rings. The first-order chi connectivity index (χ1) is 13.2. The van der Waals surface area contributed by atoms with Gasteiger partial charge < -0.3 is 19.5 Å². The van der Waals surface area contributed by atoms with Gasteiger partial charge in [0.1, 0.15) is 5.75 Å². The molecule has 1 N–H and O–H groups in total. The minimum atomic E-state index is -0.140. The first kappa shape index (κ1) is 19.2. The number of carbonyl (C=O) groups is 1. The Bertz CT molecular complexity index is 738. The molecule has 1 saturated heterocycles. The van der Waals surface area contributed by atoms with Gasteiger partial charge in [0.05, 0.1) is 19.3 Å². The number of nitrogens with one attached hydrogen (secondary N) is 1. The van der Waals surface area contributed by atoms with E-state index in [1.807, 2.05) is 19.1 Å². The average Bonchev–Trinajstić information content (AvgIpc) is 2.73. The molecule has 3 rings (SSSR count). The smallest absolute Gasteiger partial charge is 0.252 e. The van der Waals surface area contributed by atoms with E-state index in [9.17, 15) is 4.79 Å². The van der Waals surface area contributed by atoms with Gasteiger partial charge in [0.15, 0.2) is 0 Å². The first-order valence-corrected chi connectivity index (χ1v) is 9.26. The molecule has 1 fully saturated rings. The molecule has 144 valence electrons. The van der Waals surface area contributed by atoms with Crippen molar-refractivity contribution in [2.24, 2.45) is 0 Å². The standard InChI is InChI=1S/C21H26N2O4/c1-3-27-19-9-4-16(14-22-19)20(24)23-15-21(10-12-26-13-11-21)17-5-7-18(25-2)8-6-17/h4-9,14H,3,10-13,15H2,1-2H3,(H,23,24). The van der Waals surface area contributed by atoms with Gasteiger partial charge in [-0.05, 0) is 43.5 Å². The Kier molecular flexibility index (Phi) is 6.29. The Balaban J connectivity index is 1.71. The van der Waals surface area contributed by atoms with Gasteiger partial charge in [-0.15, -0.1) is 0 Å². The Morgan fingerprint density at radius 3 is 2.52 bits per heavy atom. The van der Waals surface area contributed by atoms with Crippen LogP contribution in [0.4, 0.5) is 0 Å². The lowest BCUT2D eigenvalue weighted by atomic mass is 9.74. The second-order valence-corrected chi connectivity index (χ2v) is 6.62. The lowest BCUT2D eigenvalue weighted by Gasteiger charge is -2.38. The minimum absolute atomic E-state index is 0.134. The number of benzene rings is 1. The molecule has 1 aromatic heterocycles. The predicted octanol–water partition coefficient (Wildman–Crippen LogP) is 2.97. The van der Waals surface area contributed by atoms with Crippen LogP contribution in [0.15, 0.2) is 42.6 Å². The van der Waals surface area contributed by atoms with Crippen molar-refractivity contribution in [3.63, 3.8) is 0 Å². The monoisotopic (exact) mass is 370 g/mol. The van der Waals surface area contributed by atoms with Gasteiger partial charge in [-0.3, -0.25) is 4.79 Å². The summed E-state index contributed by atoms with van der Waals surface area (Å²) in [5.74, 6) is 1.21. The van der Waals surface area contributed by atoms with Crippen molar-refractivity contribution in [1.29, 1.82) is 0 Å². The Morgan fingerprint density at radius 2 is 1.93 bits per heavy atom. The molecule has 0 unspecified atom stereocenters. The van der Waals surface area contributed by atoms with Crippen LogP contribution in [0.2, 0.25) is 0 Å². The molecule has 0 saturated carbocycles. The number of amides is 1. The number of carbonyl (C=O) groups excluding carboxylic acids is 1. The fourth-order valence-corrected chi connectivity index (χ4v) is 3.37. The number of rotatable bonds is 7. The third-order valence-corrected chi connectivity index (χ3v) is 5.03. The fourth-order valence-electron chi connectivity index (χ4n) is 3.37. The van der Waals surface area contributed by atoms with Crippen molar-refractivity contribution in [2.75, 3.05) is 33.5 Å². The molecule has 2 heterocycles. The zero-order valence-corrected chi connectivity index (χ0v) is 15.9. The summed E-state index contributed by atoms with van der Waals surface area (Å²) < 4.78 is 16.1. The van der Waals surface area contributed by atoms with Gasteiger partial charge in [-0.2, -0.15) is 0 Å². The molecule has 0 atom stereocenters. The highest BCUT2D eigenvalue weighted by molar-refractivity contribution is 5.94. The van der Waals surface area contributed by atoms with Crippen LogP contribution in [-0.4, -0.2) is 44.4 Å². The third kappa shape index (κ3) is 4.57. The summed E-state index contributed by atoms with van der Waals surface area (Å²) in [4.78, 5) is 16.7. The van der Waals surface area contributed by atoms with Crippen LogP contribution in [0.5, 0.6) is 11.6 Å². The molecular formula is C21H26N2O4. The zero-order chi connectivity index (χ0) is 19.1. The molecule has 27 heavy (non-hydrogen) atoms. The largest absolute Gasteiger partial charge is 0.497 e. The van der Waals surface area contributed by atoms with Crippen LogP contribution in [0.3, 0.4) is 0 Å². The molecule has 1 aliphatic heterocycles. The summed E-state index contributed by atoms with van der Waals surface area (Å²) in [6.07, 6.45) is 3.27. The van der Waals surface area contributed by atoms with Crippen LogP contribution >= 0.6 is 0 Å². The zero-order valence-electron chi connectivity index (χ0n) is 15.9. The molecule has 0 bridgehead atoms. The van der Waals surface area contributed by atoms with E-state index in [-0.39, 0.29) is 11.3 Å². The SMILES string of the molecule is CCOc1ccc(C(=O)NCC2(c3ccc(OC)cc3)CCOCC2)cn1. The Labute approximate surface area is 159 Å². The fraction of sp³-hybridized carbons (Fsp3) is 0.429. The quantitative estimate of drug-likeness (QED) is 0.811. The van der Waals surface area contributed by atoms with E-state index in [0.717, 1.165) is 18.6 Å². The van der Waals surface area contributed by atoms with Gasteiger partial charge in [-0.1, -0.05) is 12.1 Å². The molecule has 0 spiro atoms. The second kappa shape index (κ2) is 8.86. The van der Waals surface area contributed by atoms with Crippen LogP contribution in [0.1, 0.15) is 35.7 Å². The van der Waals surface area contributed by atoms with Crippen LogP contribution < -0.4 is 14.8 Å². The second-order valence-electron chi connectivity index (χ2n) is 6.62. The van der Waals surface area contributed by atoms with Gasteiger partial charge >= 0.3 is 0 Å². The number of methoxy groups -OCH3 is 1. The van der Waals surface area contributed by atoms with Crippen molar-refractivity contribution in [2.45, 2.75) is 25.2 Å². The summed E-state index contributed by atoms with van der Waals surface area (Å²) in [6.45, 7) is 4.37.